The van der Waals surface area contributed by atoms with Gasteiger partial charge in [-0.1, -0.05) is 0 Å². The minimum atomic E-state index is 0.0246. The van der Waals surface area contributed by atoms with Crippen LogP contribution in [-0.4, -0.2) is 47.9 Å². The number of anilines is 2. The molecule has 140 valence electrons. The number of hydrogen-bond acceptors (Lipinski definition) is 5. The second-order valence-electron chi connectivity index (χ2n) is 6.86. The highest BCUT2D eigenvalue weighted by Crippen LogP contribution is 2.35. The van der Waals surface area contributed by atoms with E-state index in [1.165, 1.54) is 6.42 Å². The number of rotatable bonds is 3. The molecule has 0 unspecified atom stereocenters. The molecule has 2 aromatic rings. The van der Waals surface area contributed by atoms with E-state index in [1.54, 1.807) is 12.3 Å². The quantitative estimate of drug-likeness (QED) is 0.644. The van der Waals surface area contributed by atoms with E-state index < -0.39 is 0 Å². The number of piperidine rings is 1. The number of ether oxygens (including phenoxy) is 1. The zero-order chi connectivity index (χ0) is 18.8. The summed E-state index contributed by atoms with van der Waals surface area (Å²) in [6.07, 6.45) is 4.95. The van der Waals surface area contributed by atoms with Crippen LogP contribution in [0.3, 0.4) is 0 Å². The van der Waals surface area contributed by atoms with E-state index in [1.807, 2.05) is 29.2 Å². The predicted octanol–water partition coefficient (Wildman–Crippen LogP) is 2.52. The van der Waals surface area contributed by atoms with Gasteiger partial charge in [-0.2, -0.15) is 0 Å². The van der Waals surface area contributed by atoms with Gasteiger partial charge in [0.25, 0.3) is 5.91 Å². The van der Waals surface area contributed by atoms with E-state index in [4.69, 9.17) is 15.9 Å². The number of pyridine rings is 1. The third-order valence-corrected chi connectivity index (χ3v) is 5.04. The molecule has 3 heterocycles. The number of likely N-dealkylation sites (tertiary alicyclic amines) is 1. The molecular formula is C20H23N5O2. The molecule has 7 heteroatoms. The minimum absolute atomic E-state index is 0.0246. The Bertz CT molecular complexity index is 859. The first-order chi connectivity index (χ1) is 13.1. The lowest BCUT2D eigenvalue weighted by atomic mass is 10.1. The van der Waals surface area contributed by atoms with Crippen LogP contribution >= 0.6 is 0 Å². The van der Waals surface area contributed by atoms with E-state index >= 15 is 0 Å². The average molecular weight is 365 g/mol. The maximum atomic E-state index is 12.7. The van der Waals surface area contributed by atoms with Crippen molar-refractivity contribution in [3.8, 4) is 5.75 Å². The second kappa shape index (κ2) is 7.26. The van der Waals surface area contributed by atoms with Gasteiger partial charge in [0.2, 0.25) is 0 Å². The Hall–Kier alpha value is -3.09. The number of fused-ring (bicyclic) bond motifs is 1. The van der Waals surface area contributed by atoms with Crippen LogP contribution in [0.25, 0.3) is 0 Å². The molecule has 1 aromatic heterocycles. The summed E-state index contributed by atoms with van der Waals surface area (Å²) in [4.78, 5) is 21.2. The fraction of sp³-hybridized carbons (Fsp3) is 0.350. The van der Waals surface area contributed by atoms with Gasteiger partial charge >= 0.3 is 0 Å². The van der Waals surface area contributed by atoms with Crippen LogP contribution in [0.5, 0.6) is 5.75 Å². The predicted molar refractivity (Wildman–Crippen MR) is 104 cm³/mol. The summed E-state index contributed by atoms with van der Waals surface area (Å²) >= 11 is 0. The number of nitrogen functional groups attached to an aromatic ring is 1. The van der Waals surface area contributed by atoms with Crippen molar-refractivity contribution >= 4 is 23.2 Å². The van der Waals surface area contributed by atoms with Crippen LogP contribution < -0.4 is 15.4 Å². The molecule has 1 fully saturated rings. The van der Waals surface area contributed by atoms with Gasteiger partial charge in [0.1, 0.15) is 12.4 Å². The Morgan fingerprint density at radius 2 is 1.81 bits per heavy atom. The monoisotopic (exact) mass is 365 g/mol. The molecule has 0 aliphatic carbocycles. The number of amides is 1. The molecule has 2 aliphatic heterocycles. The first kappa shape index (κ1) is 17.3. The molecule has 27 heavy (non-hydrogen) atoms. The number of hydrogen-bond donors (Lipinski definition) is 2. The van der Waals surface area contributed by atoms with Gasteiger partial charge in [-0.3, -0.25) is 10.2 Å². The second-order valence-corrected chi connectivity index (χ2v) is 6.86. The summed E-state index contributed by atoms with van der Waals surface area (Å²) in [5, 5.41) is 7.51. The summed E-state index contributed by atoms with van der Waals surface area (Å²) < 4.78 is 5.79. The average Bonchev–Trinajstić information content (AvgIpc) is 2.73. The van der Waals surface area contributed by atoms with Gasteiger partial charge in [-0.05, 0) is 49.6 Å². The van der Waals surface area contributed by atoms with Crippen molar-refractivity contribution in [2.45, 2.75) is 19.3 Å². The maximum Gasteiger partial charge on any atom is 0.255 e. The lowest BCUT2D eigenvalue weighted by molar-refractivity contribution is 0.0723. The molecule has 0 bridgehead atoms. The molecular weight excluding hydrogens is 342 g/mol. The zero-order valence-electron chi connectivity index (χ0n) is 15.1. The number of nitrogens with two attached hydrogens (primary N) is 1. The number of nitrogens with one attached hydrogen (secondary N) is 1. The molecule has 7 nitrogen and oxygen atoms in total. The van der Waals surface area contributed by atoms with Gasteiger partial charge in [0, 0.05) is 30.5 Å². The largest absolute Gasteiger partial charge is 0.488 e. The Morgan fingerprint density at radius 3 is 2.52 bits per heavy atom. The lowest BCUT2D eigenvalue weighted by Gasteiger charge is -2.31. The summed E-state index contributed by atoms with van der Waals surface area (Å²) in [5.41, 5.74) is 7.73. The number of carbonyl (C=O) groups excluding carboxylic acids is 1. The SMILES string of the molecule is N=C(N)c1ccc(N2CCOc3cc(C(=O)N4CCCCC4)cnc32)cc1. The zero-order valence-corrected chi connectivity index (χ0v) is 15.1. The lowest BCUT2D eigenvalue weighted by Crippen LogP contribution is -2.36. The van der Waals surface area contributed by atoms with Crippen molar-refractivity contribution in [1.29, 1.82) is 5.41 Å². The third-order valence-electron chi connectivity index (χ3n) is 5.04. The number of benzene rings is 1. The standard InChI is InChI=1S/C20H23N5O2/c21-18(22)14-4-6-16(7-5-14)25-10-11-27-17-12-15(13-23-19(17)25)20(26)24-8-2-1-3-9-24/h4-7,12-13H,1-3,8-11H2,(H3,21,22). The van der Waals surface area contributed by atoms with Gasteiger partial charge in [-0.15, -0.1) is 0 Å². The molecule has 4 rings (SSSR count). The number of amidine groups is 1. The van der Waals surface area contributed by atoms with Crippen molar-refractivity contribution < 1.29 is 9.53 Å². The molecule has 1 saturated heterocycles. The van der Waals surface area contributed by atoms with E-state index in [2.05, 4.69) is 9.88 Å². The molecule has 1 amide bonds. The van der Waals surface area contributed by atoms with Crippen LogP contribution in [0.4, 0.5) is 11.5 Å². The summed E-state index contributed by atoms with van der Waals surface area (Å²) in [5.74, 6) is 1.39. The van der Waals surface area contributed by atoms with Gasteiger partial charge in [-0.25, -0.2) is 4.98 Å². The van der Waals surface area contributed by atoms with E-state index in [0.717, 1.165) is 31.6 Å². The van der Waals surface area contributed by atoms with Crippen LogP contribution in [0.15, 0.2) is 36.5 Å². The maximum absolute atomic E-state index is 12.7. The summed E-state index contributed by atoms with van der Waals surface area (Å²) in [6, 6.07) is 9.28. The smallest absolute Gasteiger partial charge is 0.255 e. The van der Waals surface area contributed by atoms with Crippen LogP contribution in [0.1, 0.15) is 35.2 Å². The summed E-state index contributed by atoms with van der Waals surface area (Å²) in [6.45, 7) is 2.81. The minimum Gasteiger partial charge on any atom is -0.488 e. The Morgan fingerprint density at radius 1 is 1.07 bits per heavy atom. The number of nitrogens with zero attached hydrogens (tertiary/aromatic N) is 3. The van der Waals surface area contributed by atoms with E-state index in [0.29, 0.717) is 35.8 Å². The Kier molecular flexibility index (Phi) is 4.66. The molecule has 3 N–H and O–H groups in total. The molecule has 2 aliphatic rings. The van der Waals surface area contributed by atoms with Crippen LogP contribution in [0, 0.1) is 5.41 Å². The molecule has 0 spiro atoms. The van der Waals surface area contributed by atoms with Gasteiger partial charge < -0.3 is 20.3 Å². The normalized spacial score (nSPS) is 16.4. The highest BCUT2D eigenvalue weighted by atomic mass is 16.5. The molecule has 0 radical (unpaired) electrons. The van der Waals surface area contributed by atoms with Crippen molar-refractivity contribution in [2.24, 2.45) is 5.73 Å². The summed E-state index contributed by atoms with van der Waals surface area (Å²) in [7, 11) is 0. The number of carbonyl (C=O) groups is 1. The first-order valence-electron chi connectivity index (χ1n) is 9.27. The highest BCUT2D eigenvalue weighted by molar-refractivity contribution is 5.96. The Labute approximate surface area is 158 Å². The topological polar surface area (TPSA) is 95.5 Å². The van der Waals surface area contributed by atoms with Crippen molar-refractivity contribution in [2.75, 3.05) is 31.1 Å². The van der Waals surface area contributed by atoms with Crippen molar-refractivity contribution in [3.05, 3.63) is 47.7 Å². The Balaban J connectivity index is 1.59. The van der Waals surface area contributed by atoms with Crippen LogP contribution in [0.2, 0.25) is 0 Å². The van der Waals surface area contributed by atoms with Crippen LogP contribution in [-0.2, 0) is 0 Å². The van der Waals surface area contributed by atoms with E-state index in [9.17, 15) is 4.79 Å². The highest BCUT2D eigenvalue weighted by Gasteiger charge is 2.25. The van der Waals surface area contributed by atoms with Crippen molar-refractivity contribution in [1.82, 2.24) is 9.88 Å². The fourth-order valence-electron chi connectivity index (χ4n) is 3.57. The third kappa shape index (κ3) is 3.45. The van der Waals surface area contributed by atoms with Crippen molar-refractivity contribution in [3.63, 3.8) is 0 Å². The molecule has 0 atom stereocenters. The van der Waals surface area contributed by atoms with E-state index in [-0.39, 0.29) is 11.7 Å². The number of aromatic nitrogens is 1. The molecule has 0 saturated carbocycles. The first-order valence-corrected chi connectivity index (χ1v) is 9.27. The fourth-order valence-corrected chi connectivity index (χ4v) is 3.57. The van der Waals surface area contributed by atoms with Gasteiger partial charge in [0.05, 0.1) is 12.1 Å². The molecule has 1 aromatic carbocycles. The van der Waals surface area contributed by atoms with Gasteiger partial charge in [0.15, 0.2) is 11.6 Å².